The van der Waals surface area contributed by atoms with E-state index in [1.165, 1.54) is 39.9 Å². The van der Waals surface area contributed by atoms with Gasteiger partial charge >= 0.3 is 0 Å². The number of rotatable bonds is 6. The minimum absolute atomic E-state index is 0.0927. The van der Waals surface area contributed by atoms with Crippen molar-refractivity contribution in [2.24, 2.45) is 0 Å². The third kappa shape index (κ3) is 4.52. The standard InChI is InChI=1S/C20H18IN3O3S2/c1-24(16-8-9-16)29(26,27)17-10-4-14(5-11-17)19(25)23-20-22-18(12-28-20)13-2-6-15(21)7-3-13/h2-7,10-12,16H,8-9H2,1H3,(H,22,23,25). The van der Waals surface area contributed by atoms with Gasteiger partial charge < -0.3 is 0 Å². The van der Waals surface area contributed by atoms with Gasteiger partial charge in [0.15, 0.2) is 5.13 Å². The van der Waals surface area contributed by atoms with Crippen molar-refractivity contribution < 1.29 is 13.2 Å². The number of thiazole rings is 1. The molecule has 1 fully saturated rings. The molecule has 1 aliphatic carbocycles. The Labute approximate surface area is 187 Å². The maximum atomic E-state index is 12.6. The number of aromatic nitrogens is 1. The van der Waals surface area contributed by atoms with Crippen molar-refractivity contribution in [2.45, 2.75) is 23.8 Å². The summed E-state index contributed by atoms with van der Waals surface area (Å²) >= 11 is 3.59. The normalized spacial score (nSPS) is 14.2. The van der Waals surface area contributed by atoms with Crippen LogP contribution in [0.1, 0.15) is 23.2 Å². The summed E-state index contributed by atoms with van der Waals surface area (Å²) in [6.07, 6.45) is 1.79. The van der Waals surface area contributed by atoms with Gasteiger partial charge in [-0.3, -0.25) is 10.1 Å². The van der Waals surface area contributed by atoms with Crippen LogP contribution >= 0.6 is 33.9 Å². The Kier molecular flexibility index (Phi) is 5.74. The van der Waals surface area contributed by atoms with E-state index in [0.29, 0.717) is 10.7 Å². The predicted octanol–water partition coefficient (Wildman–Crippen LogP) is 4.45. The first-order chi connectivity index (χ1) is 13.8. The molecule has 1 aliphatic rings. The lowest BCUT2D eigenvalue weighted by molar-refractivity contribution is 0.102. The van der Waals surface area contributed by atoms with Crippen LogP contribution in [0.4, 0.5) is 5.13 Å². The fraction of sp³-hybridized carbons (Fsp3) is 0.200. The van der Waals surface area contributed by atoms with E-state index in [1.807, 2.05) is 29.6 Å². The van der Waals surface area contributed by atoms with Gasteiger partial charge in [-0.15, -0.1) is 11.3 Å². The molecule has 6 nitrogen and oxygen atoms in total. The quantitative estimate of drug-likeness (QED) is 0.470. The van der Waals surface area contributed by atoms with Gasteiger partial charge in [0.1, 0.15) is 0 Å². The van der Waals surface area contributed by atoms with Gasteiger partial charge in [-0.1, -0.05) is 12.1 Å². The predicted molar refractivity (Wildman–Crippen MR) is 123 cm³/mol. The van der Waals surface area contributed by atoms with E-state index in [0.717, 1.165) is 27.7 Å². The molecule has 0 atom stereocenters. The number of hydrogen-bond acceptors (Lipinski definition) is 5. The number of sulfonamides is 1. The Hall–Kier alpha value is -1.82. The monoisotopic (exact) mass is 539 g/mol. The van der Waals surface area contributed by atoms with E-state index in [9.17, 15) is 13.2 Å². The molecule has 0 saturated heterocycles. The van der Waals surface area contributed by atoms with Gasteiger partial charge in [-0.25, -0.2) is 13.4 Å². The number of halogens is 1. The third-order valence-electron chi connectivity index (χ3n) is 4.72. The number of amides is 1. The third-order valence-corrected chi connectivity index (χ3v) is 8.12. The molecule has 9 heteroatoms. The minimum Gasteiger partial charge on any atom is -0.298 e. The first-order valence-electron chi connectivity index (χ1n) is 8.95. The van der Waals surface area contributed by atoms with E-state index in [4.69, 9.17) is 0 Å². The van der Waals surface area contributed by atoms with Crippen molar-refractivity contribution in [3.05, 3.63) is 63.0 Å². The topological polar surface area (TPSA) is 79.4 Å². The van der Waals surface area contributed by atoms with Gasteiger partial charge in [-0.2, -0.15) is 4.31 Å². The lowest BCUT2D eigenvalue weighted by Gasteiger charge is -2.16. The van der Waals surface area contributed by atoms with Crippen LogP contribution in [0, 0.1) is 3.57 Å². The molecule has 3 aromatic rings. The number of benzene rings is 2. The van der Waals surface area contributed by atoms with E-state index in [1.54, 1.807) is 7.05 Å². The molecular formula is C20H18IN3O3S2. The second-order valence-corrected chi connectivity index (χ2v) is 10.9. The molecule has 150 valence electrons. The van der Waals surface area contributed by atoms with Gasteiger partial charge in [0.05, 0.1) is 10.6 Å². The van der Waals surface area contributed by atoms with Crippen LogP contribution in [0.25, 0.3) is 11.3 Å². The maximum Gasteiger partial charge on any atom is 0.257 e. The maximum absolute atomic E-state index is 12.6. The smallest absolute Gasteiger partial charge is 0.257 e. The van der Waals surface area contributed by atoms with Crippen LogP contribution in [0.3, 0.4) is 0 Å². The summed E-state index contributed by atoms with van der Waals surface area (Å²) in [5, 5.41) is 5.16. The summed E-state index contributed by atoms with van der Waals surface area (Å²) < 4.78 is 27.7. The second kappa shape index (κ2) is 8.13. The molecule has 0 aliphatic heterocycles. The van der Waals surface area contributed by atoms with Gasteiger partial charge in [0.25, 0.3) is 5.91 Å². The molecule has 4 rings (SSSR count). The Morgan fingerprint density at radius 2 is 1.79 bits per heavy atom. The Morgan fingerprint density at radius 1 is 1.14 bits per heavy atom. The van der Waals surface area contributed by atoms with Gasteiger partial charge in [0.2, 0.25) is 10.0 Å². The molecule has 0 unspecified atom stereocenters. The summed E-state index contributed by atoms with van der Waals surface area (Å²) in [7, 11) is -1.92. The van der Waals surface area contributed by atoms with Gasteiger partial charge in [0, 0.05) is 33.2 Å². The summed E-state index contributed by atoms with van der Waals surface area (Å²) in [5.41, 5.74) is 2.16. The van der Waals surface area contributed by atoms with Crippen LogP contribution in [-0.4, -0.2) is 36.7 Å². The van der Waals surface area contributed by atoms with Crippen molar-refractivity contribution in [1.29, 1.82) is 0 Å². The van der Waals surface area contributed by atoms with Crippen LogP contribution in [-0.2, 0) is 10.0 Å². The van der Waals surface area contributed by atoms with Crippen LogP contribution in [0.2, 0.25) is 0 Å². The zero-order valence-electron chi connectivity index (χ0n) is 15.5. The zero-order chi connectivity index (χ0) is 20.6. The number of carbonyl (C=O) groups is 1. The van der Waals surface area contributed by atoms with E-state index in [-0.39, 0.29) is 16.8 Å². The van der Waals surface area contributed by atoms with E-state index in [2.05, 4.69) is 32.9 Å². The fourth-order valence-corrected chi connectivity index (χ4v) is 5.32. The lowest BCUT2D eigenvalue weighted by Crippen LogP contribution is -2.29. The first kappa shape index (κ1) is 20.5. The van der Waals surface area contributed by atoms with Gasteiger partial charge in [-0.05, 0) is 71.8 Å². The molecular weight excluding hydrogens is 521 g/mol. The average molecular weight is 539 g/mol. The molecule has 2 aromatic carbocycles. The first-order valence-corrected chi connectivity index (χ1v) is 12.4. The number of hydrogen-bond donors (Lipinski definition) is 1. The summed E-state index contributed by atoms with van der Waals surface area (Å²) in [6.45, 7) is 0. The van der Waals surface area contributed by atoms with Crippen LogP contribution < -0.4 is 5.32 Å². The van der Waals surface area contributed by atoms with Crippen LogP contribution in [0.5, 0.6) is 0 Å². The highest BCUT2D eigenvalue weighted by Crippen LogP contribution is 2.30. The van der Waals surface area contributed by atoms with Crippen molar-refractivity contribution >= 4 is 55.0 Å². The molecule has 0 spiro atoms. The zero-order valence-corrected chi connectivity index (χ0v) is 19.3. The largest absolute Gasteiger partial charge is 0.298 e. The Morgan fingerprint density at radius 3 is 2.41 bits per heavy atom. The van der Waals surface area contributed by atoms with Crippen molar-refractivity contribution in [3.63, 3.8) is 0 Å². The van der Waals surface area contributed by atoms with E-state index >= 15 is 0 Å². The molecule has 29 heavy (non-hydrogen) atoms. The highest BCUT2D eigenvalue weighted by Gasteiger charge is 2.35. The summed E-state index contributed by atoms with van der Waals surface area (Å²) in [5.74, 6) is -0.326. The fourth-order valence-electron chi connectivity index (χ4n) is 2.83. The lowest BCUT2D eigenvalue weighted by atomic mass is 10.2. The molecule has 1 amide bonds. The molecule has 0 radical (unpaired) electrons. The molecule has 1 N–H and O–H groups in total. The summed E-state index contributed by atoms with van der Waals surface area (Å²) in [4.78, 5) is 17.2. The number of nitrogens with zero attached hydrogens (tertiary/aromatic N) is 2. The second-order valence-electron chi connectivity index (χ2n) is 6.78. The highest BCUT2D eigenvalue weighted by molar-refractivity contribution is 14.1. The number of anilines is 1. The minimum atomic E-state index is -3.52. The number of nitrogens with one attached hydrogen (secondary N) is 1. The number of carbonyl (C=O) groups excluding carboxylic acids is 1. The molecule has 1 aromatic heterocycles. The SMILES string of the molecule is CN(C1CC1)S(=O)(=O)c1ccc(C(=O)Nc2nc(-c3ccc(I)cc3)cs2)cc1. The average Bonchev–Trinajstić information content (AvgIpc) is 3.47. The summed E-state index contributed by atoms with van der Waals surface area (Å²) in [6, 6.07) is 14.1. The van der Waals surface area contributed by atoms with Crippen molar-refractivity contribution in [3.8, 4) is 11.3 Å². The van der Waals surface area contributed by atoms with Crippen molar-refractivity contribution in [1.82, 2.24) is 9.29 Å². The van der Waals surface area contributed by atoms with E-state index < -0.39 is 10.0 Å². The molecule has 1 heterocycles. The van der Waals surface area contributed by atoms with Crippen LogP contribution in [0.15, 0.2) is 58.8 Å². The molecule has 0 bridgehead atoms. The Bertz CT molecular complexity index is 1140. The molecule has 1 saturated carbocycles. The Balaban J connectivity index is 1.46. The van der Waals surface area contributed by atoms with Crippen molar-refractivity contribution in [2.75, 3.05) is 12.4 Å². The highest BCUT2D eigenvalue weighted by atomic mass is 127.